The van der Waals surface area contributed by atoms with Crippen molar-refractivity contribution in [3.05, 3.63) is 46.9 Å². The standard InChI is InChI=1S/C16H18FN3O3/c1-10-4-5-13(17)12(7-10)15(21)18-8-14-19-20-16(23-14)11-3-2-6-22-9-11/h4-5,7,11H,2-3,6,8-9H2,1H3,(H,18,21). The largest absolute Gasteiger partial charge is 0.423 e. The zero-order chi connectivity index (χ0) is 16.2. The Labute approximate surface area is 133 Å². The minimum Gasteiger partial charge on any atom is -0.423 e. The Balaban J connectivity index is 1.61. The maximum absolute atomic E-state index is 13.7. The number of carbonyl (C=O) groups is 1. The molecule has 1 unspecified atom stereocenters. The number of aromatic nitrogens is 2. The number of nitrogens with zero attached hydrogens (tertiary/aromatic N) is 2. The summed E-state index contributed by atoms with van der Waals surface area (Å²) >= 11 is 0. The molecule has 0 spiro atoms. The minimum atomic E-state index is -0.557. The van der Waals surface area contributed by atoms with E-state index in [0.29, 0.717) is 18.4 Å². The number of amides is 1. The van der Waals surface area contributed by atoms with Crippen molar-refractivity contribution in [2.75, 3.05) is 13.2 Å². The van der Waals surface area contributed by atoms with E-state index in [-0.39, 0.29) is 18.0 Å². The number of benzene rings is 1. The maximum atomic E-state index is 13.7. The van der Waals surface area contributed by atoms with Crippen LogP contribution in [0.15, 0.2) is 22.6 Å². The average molecular weight is 319 g/mol. The number of nitrogens with one attached hydrogen (secondary N) is 1. The fourth-order valence-electron chi connectivity index (χ4n) is 2.50. The van der Waals surface area contributed by atoms with Gasteiger partial charge in [-0.3, -0.25) is 4.79 Å². The highest BCUT2D eigenvalue weighted by Gasteiger charge is 2.22. The highest BCUT2D eigenvalue weighted by atomic mass is 19.1. The quantitative estimate of drug-likeness (QED) is 0.936. The van der Waals surface area contributed by atoms with E-state index >= 15 is 0 Å². The van der Waals surface area contributed by atoms with E-state index in [9.17, 15) is 9.18 Å². The van der Waals surface area contributed by atoms with Crippen molar-refractivity contribution >= 4 is 5.91 Å². The molecule has 6 nitrogen and oxygen atoms in total. The predicted molar refractivity (Wildman–Crippen MR) is 79.4 cm³/mol. The van der Waals surface area contributed by atoms with Gasteiger partial charge in [0.15, 0.2) is 0 Å². The van der Waals surface area contributed by atoms with E-state index in [1.165, 1.54) is 12.1 Å². The highest BCUT2D eigenvalue weighted by molar-refractivity contribution is 5.94. The Hall–Kier alpha value is -2.28. The molecule has 0 radical (unpaired) electrons. The van der Waals surface area contributed by atoms with Crippen LogP contribution < -0.4 is 5.32 Å². The molecule has 1 saturated heterocycles. The lowest BCUT2D eigenvalue weighted by atomic mass is 10.0. The van der Waals surface area contributed by atoms with Crippen molar-refractivity contribution in [3.8, 4) is 0 Å². The molecule has 23 heavy (non-hydrogen) atoms. The second-order valence-electron chi connectivity index (χ2n) is 5.61. The van der Waals surface area contributed by atoms with Gasteiger partial charge in [-0.05, 0) is 31.9 Å². The first kappa shape index (κ1) is 15.6. The van der Waals surface area contributed by atoms with Crippen molar-refractivity contribution in [1.82, 2.24) is 15.5 Å². The Morgan fingerprint density at radius 1 is 1.43 bits per heavy atom. The van der Waals surface area contributed by atoms with Crippen LogP contribution in [0.3, 0.4) is 0 Å². The summed E-state index contributed by atoms with van der Waals surface area (Å²) in [5.41, 5.74) is 0.819. The van der Waals surface area contributed by atoms with Crippen LogP contribution in [-0.4, -0.2) is 29.3 Å². The number of carbonyl (C=O) groups excluding carboxylic acids is 1. The number of hydrogen-bond donors (Lipinski definition) is 1. The number of rotatable bonds is 4. The minimum absolute atomic E-state index is 0.00502. The SMILES string of the molecule is Cc1ccc(F)c(C(=O)NCc2nnc(C3CCCOC3)o2)c1. The van der Waals surface area contributed by atoms with Crippen LogP contribution in [0.25, 0.3) is 0 Å². The molecule has 1 aliphatic heterocycles. The zero-order valence-corrected chi connectivity index (χ0v) is 12.8. The van der Waals surface area contributed by atoms with E-state index in [1.807, 2.05) is 0 Å². The van der Waals surface area contributed by atoms with Gasteiger partial charge in [-0.1, -0.05) is 11.6 Å². The first-order valence-electron chi connectivity index (χ1n) is 7.58. The van der Waals surface area contributed by atoms with E-state index in [4.69, 9.17) is 9.15 Å². The summed E-state index contributed by atoms with van der Waals surface area (Å²) < 4.78 is 24.6. The predicted octanol–water partition coefficient (Wildman–Crippen LogP) is 2.34. The number of aryl methyl sites for hydroxylation is 1. The van der Waals surface area contributed by atoms with E-state index < -0.39 is 11.7 Å². The summed E-state index contributed by atoms with van der Waals surface area (Å²) in [7, 11) is 0. The van der Waals surface area contributed by atoms with Crippen LogP contribution in [-0.2, 0) is 11.3 Å². The van der Waals surface area contributed by atoms with Gasteiger partial charge in [-0.15, -0.1) is 10.2 Å². The molecule has 0 bridgehead atoms. The molecule has 2 aromatic rings. The lowest BCUT2D eigenvalue weighted by Gasteiger charge is -2.18. The van der Waals surface area contributed by atoms with Crippen LogP contribution in [0, 0.1) is 12.7 Å². The summed E-state index contributed by atoms with van der Waals surface area (Å²) in [6.45, 7) is 3.19. The third kappa shape index (κ3) is 3.73. The van der Waals surface area contributed by atoms with Gasteiger partial charge >= 0.3 is 0 Å². The Morgan fingerprint density at radius 2 is 2.30 bits per heavy atom. The molecule has 1 N–H and O–H groups in total. The average Bonchev–Trinajstić information content (AvgIpc) is 3.05. The molecule has 1 aromatic heterocycles. The van der Waals surface area contributed by atoms with Gasteiger partial charge in [0.25, 0.3) is 5.91 Å². The Bertz CT molecular complexity index is 696. The van der Waals surface area contributed by atoms with Crippen molar-refractivity contribution in [3.63, 3.8) is 0 Å². The molecule has 0 aliphatic carbocycles. The molecule has 0 saturated carbocycles. The van der Waals surface area contributed by atoms with Gasteiger partial charge in [0, 0.05) is 6.61 Å². The molecule has 7 heteroatoms. The van der Waals surface area contributed by atoms with Crippen molar-refractivity contribution < 1.29 is 18.3 Å². The summed E-state index contributed by atoms with van der Waals surface area (Å²) in [4.78, 5) is 12.0. The van der Waals surface area contributed by atoms with E-state index in [0.717, 1.165) is 25.0 Å². The second-order valence-corrected chi connectivity index (χ2v) is 5.61. The Kier molecular flexibility index (Phi) is 4.66. The highest BCUT2D eigenvalue weighted by Crippen LogP contribution is 2.24. The van der Waals surface area contributed by atoms with Crippen LogP contribution in [0.1, 0.15) is 46.5 Å². The smallest absolute Gasteiger partial charge is 0.254 e. The van der Waals surface area contributed by atoms with Crippen LogP contribution in [0.5, 0.6) is 0 Å². The molecular formula is C16H18FN3O3. The van der Waals surface area contributed by atoms with Gasteiger partial charge in [-0.2, -0.15) is 0 Å². The summed E-state index contributed by atoms with van der Waals surface area (Å²) in [6.07, 6.45) is 1.91. The number of hydrogen-bond acceptors (Lipinski definition) is 5. The van der Waals surface area contributed by atoms with Crippen molar-refractivity contribution in [2.24, 2.45) is 0 Å². The molecule has 1 atom stereocenters. The molecule has 1 aromatic carbocycles. The maximum Gasteiger partial charge on any atom is 0.254 e. The van der Waals surface area contributed by atoms with E-state index in [1.54, 1.807) is 13.0 Å². The normalized spacial score (nSPS) is 17.9. The molecule has 2 heterocycles. The number of ether oxygens (including phenoxy) is 1. The lowest BCUT2D eigenvalue weighted by molar-refractivity contribution is 0.0720. The molecule has 3 rings (SSSR count). The third-order valence-corrected chi connectivity index (χ3v) is 3.76. The van der Waals surface area contributed by atoms with Gasteiger partial charge in [0.05, 0.1) is 24.6 Å². The number of halogens is 1. The summed E-state index contributed by atoms with van der Waals surface area (Å²) in [5.74, 6) is -0.136. The van der Waals surface area contributed by atoms with Crippen LogP contribution in [0.2, 0.25) is 0 Å². The monoisotopic (exact) mass is 319 g/mol. The van der Waals surface area contributed by atoms with Crippen molar-refractivity contribution in [1.29, 1.82) is 0 Å². The Morgan fingerprint density at radius 3 is 3.09 bits per heavy atom. The van der Waals surface area contributed by atoms with Crippen molar-refractivity contribution in [2.45, 2.75) is 32.2 Å². The molecule has 1 aliphatic rings. The van der Waals surface area contributed by atoms with E-state index in [2.05, 4.69) is 15.5 Å². The van der Waals surface area contributed by atoms with Gasteiger partial charge in [0.2, 0.25) is 11.8 Å². The molecule has 1 fully saturated rings. The molecule has 122 valence electrons. The second kappa shape index (κ2) is 6.87. The topological polar surface area (TPSA) is 77.2 Å². The summed E-state index contributed by atoms with van der Waals surface area (Å²) in [6, 6.07) is 4.39. The summed E-state index contributed by atoms with van der Waals surface area (Å²) in [5, 5.41) is 10.5. The van der Waals surface area contributed by atoms with Crippen LogP contribution in [0.4, 0.5) is 4.39 Å². The third-order valence-electron chi connectivity index (χ3n) is 3.76. The lowest BCUT2D eigenvalue weighted by Crippen LogP contribution is -2.24. The van der Waals surface area contributed by atoms with Gasteiger partial charge in [0.1, 0.15) is 5.82 Å². The van der Waals surface area contributed by atoms with Gasteiger partial charge in [-0.25, -0.2) is 4.39 Å². The molecule has 1 amide bonds. The fourth-order valence-corrected chi connectivity index (χ4v) is 2.50. The first-order valence-corrected chi connectivity index (χ1v) is 7.58. The molecular weight excluding hydrogens is 301 g/mol. The first-order chi connectivity index (χ1) is 11.1. The fraction of sp³-hybridized carbons (Fsp3) is 0.438. The zero-order valence-electron chi connectivity index (χ0n) is 12.8. The van der Waals surface area contributed by atoms with Gasteiger partial charge < -0.3 is 14.5 Å². The van der Waals surface area contributed by atoms with Crippen LogP contribution >= 0.6 is 0 Å².